The van der Waals surface area contributed by atoms with Crippen LogP contribution in [0.25, 0.3) is 11.0 Å². The molecule has 6 nitrogen and oxygen atoms in total. The van der Waals surface area contributed by atoms with Gasteiger partial charge < -0.3 is 14.5 Å². The Morgan fingerprint density at radius 2 is 2.12 bits per heavy atom. The number of benzene rings is 1. The second kappa shape index (κ2) is 7.09. The monoisotopic (exact) mass is 339 g/mol. The molecule has 0 aliphatic rings. The number of aromatic nitrogens is 4. The van der Waals surface area contributed by atoms with Crippen LogP contribution >= 0.6 is 0 Å². The van der Waals surface area contributed by atoms with E-state index in [-0.39, 0.29) is 5.91 Å². The number of nitrogens with one attached hydrogen (secondary N) is 1. The molecule has 3 rings (SSSR count). The molecule has 1 aromatic carbocycles. The van der Waals surface area contributed by atoms with Gasteiger partial charge in [-0.25, -0.2) is 9.97 Å². The first-order valence-electron chi connectivity index (χ1n) is 8.67. The van der Waals surface area contributed by atoms with Crippen molar-refractivity contribution < 1.29 is 4.79 Å². The lowest BCUT2D eigenvalue weighted by atomic mass is 10.1. The maximum atomic E-state index is 12.0. The van der Waals surface area contributed by atoms with Gasteiger partial charge in [0.25, 0.3) is 0 Å². The fraction of sp³-hybridized carbons (Fsp3) is 0.421. The number of aryl methyl sites for hydroxylation is 4. The summed E-state index contributed by atoms with van der Waals surface area (Å²) in [5.41, 5.74) is 2.77. The van der Waals surface area contributed by atoms with Crippen molar-refractivity contribution in [3.05, 3.63) is 42.2 Å². The van der Waals surface area contributed by atoms with Crippen LogP contribution in [0.3, 0.4) is 0 Å². The molecular weight excluding hydrogens is 314 g/mol. The zero-order valence-electron chi connectivity index (χ0n) is 15.3. The highest BCUT2D eigenvalue weighted by molar-refractivity contribution is 5.93. The van der Waals surface area contributed by atoms with Crippen molar-refractivity contribution in [3.8, 4) is 0 Å². The quantitative estimate of drug-likeness (QED) is 0.749. The van der Waals surface area contributed by atoms with Crippen LogP contribution in [-0.2, 0) is 24.8 Å². The first-order chi connectivity index (χ1) is 11.9. The maximum absolute atomic E-state index is 12.0. The van der Waals surface area contributed by atoms with Crippen molar-refractivity contribution in [1.82, 2.24) is 19.1 Å². The van der Waals surface area contributed by atoms with Gasteiger partial charge in [-0.3, -0.25) is 4.79 Å². The van der Waals surface area contributed by atoms with Crippen LogP contribution in [0.4, 0.5) is 5.69 Å². The van der Waals surface area contributed by atoms with E-state index < -0.39 is 0 Å². The van der Waals surface area contributed by atoms with E-state index in [1.165, 1.54) is 0 Å². The third-order valence-electron chi connectivity index (χ3n) is 4.35. The van der Waals surface area contributed by atoms with Crippen LogP contribution in [0.2, 0.25) is 0 Å². The van der Waals surface area contributed by atoms with Gasteiger partial charge in [-0.1, -0.05) is 13.8 Å². The maximum Gasteiger partial charge on any atom is 0.224 e. The average molecular weight is 339 g/mol. The van der Waals surface area contributed by atoms with Gasteiger partial charge in [0.2, 0.25) is 5.91 Å². The summed E-state index contributed by atoms with van der Waals surface area (Å²) in [6.45, 7) is 6.92. The molecular formula is C19H25N5O. The molecule has 0 unspecified atom stereocenters. The summed E-state index contributed by atoms with van der Waals surface area (Å²) in [7, 11) is 2.03. The lowest BCUT2D eigenvalue weighted by Crippen LogP contribution is -2.13. The number of hydrogen-bond acceptors (Lipinski definition) is 3. The van der Waals surface area contributed by atoms with Crippen molar-refractivity contribution in [2.75, 3.05) is 5.32 Å². The van der Waals surface area contributed by atoms with Crippen molar-refractivity contribution >= 4 is 22.6 Å². The van der Waals surface area contributed by atoms with Gasteiger partial charge in [-0.2, -0.15) is 0 Å². The average Bonchev–Trinajstić information content (AvgIpc) is 3.08. The van der Waals surface area contributed by atoms with Gasteiger partial charge in [0.1, 0.15) is 11.6 Å². The van der Waals surface area contributed by atoms with E-state index in [1.807, 2.05) is 58.4 Å². The minimum Gasteiger partial charge on any atom is -0.335 e. The zero-order chi connectivity index (χ0) is 18.0. The molecule has 3 aromatic rings. The number of rotatable bonds is 6. The third-order valence-corrected chi connectivity index (χ3v) is 4.35. The second-order valence-corrected chi connectivity index (χ2v) is 6.85. The van der Waals surface area contributed by atoms with E-state index in [1.54, 1.807) is 0 Å². The Hall–Kier alpha value is -2.63. The first kappa shape index (κ1) is 17.2. The Morgan fingerprint density at radius 1 is 1.32 bits per heavy atom. The van der Waals surface area contributed by atoms with Crippen molar-refractivity contribution in [3.63, 3.8) is 0 Å². The number of carbonyl (C=O) groups excluding carboxylic acids is 1. The molecule has 132 valence electrons. The summed E-state index contributed by atoms with van der Waals surface area (Å²) >= 11 is 0. The van der Waals surface area contributed by atoms with Crippen LogP contribution in [0.5, 0.6) is 0 Å². The molecule has 0 saturated heterocycles. The molecule has 0 saturated carbocycles. The molecule has 0 aliphatic heterocycles. The summed E-state index contributed by atoms with van der Waals surface area (Å²) < 4.78 is 4.23. The molecule has 0 fully saturated rings. The van der Waals surface area contributed by atoms with E-state index in [9.17, 15) is 4.79 Å². The van der Waals surface area contributed by atoms with Crippen molar-refractivity contribution in [1.29, 1.82) is 0 Å². The van der Waals surface area contributed by atoms with Crippen LogP contribution in [0.15, 0.2) is 30.6 Å². The predicted molar refractivity (Wildman–Crippen MR) is 99.5 cm³/mol. The van der Waals surface area contributed by atoms with Gasteiger partial charge >= 0.3 is 0 Å². The SMILES string of the molecule is Cc1nccn1CCc1nc2cc(NC(=O)CC(C)C)ccc2n1C. The largest absolute Gasteiger partial charge is 0.335 e. The number of fused-ring (bicyclic) bond motifs is 1. The highest BCUT2D eigenvalue weighted by atomic mass is 16.1. The smallest absolute Gasteiger partial charge is 0.224 e. The lowest BCUT2D eigenvalue weighted by Gasteiger charge is -2.07. The van der Waals surface area contributed by atoms with Crippen LogP contribution in [0, 0.1) is 12.8 Å². The highest BCUT2D eigenvalue weighted by Crippen LogP contribution is 2.20. The van der Waals surface area contributed by atoms with E-state index in [0.717, 1.165) is 41.3 Å². The standard InChI is InChI=1S/C19H25N5O/c1-13(2)11-19(25)21-15-5-6-17-16(12-15)22-18(23(17)4)7-9-24-10-8-20-14(24)3/h5-6,8,10,12-13H,7,9,11H2,1-4H3,(H,21,25). The van der Waals surface area contributed by atoms with Crippen LogP contribution in [0.1, 0.15) is 31.9 Å². The van der Waals surface area contributed by atoms with Gasteiger partial charge in [0.05, 0.1) is 11.0 Å². The summed E-state index contributed by atoms with van der Waals surface area (Å²) in [6.07, 6.45) is 5.16. The highest BCUT2D eigenvalue weighted by Gasteiger charge is 2.11. The number of imidazole rings is 2. The Kier molecular flexibility index (Phi) is 4.88. The Balaban J connectivity index is 1.76. The molecule has 6 heteroatoms. The number of hydrogen-bond donors (Lipinski definition) is 1. The number of anilines is 1. The predicted octanol–water partition coefficient (Wildman–Crippen LogP) is 3.31. The van der Waals surface area contributed by atoms with E-state index in [4.69, 9.17) is 4.98 Å². The first-order valence-corrected chi connectivity index (χ1v) is 8.67. The summed E-state index contributed by atoms with van der Waals surface area (Å²) in [6, 6.07) is 5.89. The van der Waals surface area contributed by atoms with E-state index >= 15 is 0 Å². The second-order valence-electron chi connectivity index (χ2n) is 6.85. The Labute approximate surface area is 147 Å². The molecule has 2 aromatic heterocycles. The topological polar surface area (TPSA) is 64.7 Å². The summed E-state index contributed by atoms with van der Waals surface area (Å²) in [5, 5.41) is 2.96. The molecule has 2 heterocycles. The molecule has 0 bridgehead atoms. The minimum absolute atomic E-state index is 0.0427. The molecule has 0 spiro atoms. The Morgan fingerprint density at radius 3 is 2.80 bits per heavy atom. The number of nitrogens with zero attached hydrogens (tertiary/aromatic N) is 4. The molecule has 0 radical (unpaired) electrons. The summed E-state index contributed by atoms with van der Waals surface area (Å²) in [5.74, 6) is 2.42. The van der Waals surface area contributed by atoms with Gasteiger partial charge in [0.15, 0.2) is 0 Å². The van der Waals surface area contributed by atoms with Gasteiger partial charge in [0, 0.05) is 44.5 Å². The van der Waals surface area contributed by atoms with Crippen LogP contribution in [-0.4, -0.2) is 25.0 Å². The molecule has 1 N–H and O–H groups in total. The molecule has 1 amide bonds. The van der Waals surface area contributed by atoms with Gasteiger partial charge in [-0.15, -0.1) is 0 Å². The lowest BCUT2D eigenvalue weighted by molar-refractivity contribution is -0.116. The molecule has 25 heavy (non-hydrogen) atoms. The van der Waals surface area contributed by atoms with E-state index in [2.05, 4.69) is 19.4 Å². The number of amides is 1. The summed E-state index contributed by atoms with van der Waals surface area (Å²) in [4.78, 5) is 20.9. The van der Waals surface area contributed by atoms with Gasteiger partial charge in [-0.05, 0) is 31.0 Å². The van der Waals surface area contributed by atoms with Crippen molar-refractivity contribution in [2.45, 2.75) is 40.2 Å². The minimum atomic E-state index is 0.0427. The fourth-order valence-electron chi connectivity index (χ4n) is 2.99. The van der Waals surface area contributed by atoms with Crippen LogP contribution < -0.4 is 5.32 Å². The molecule has 0 atom stereocenters. The fourth-order valence-corrected chi connectivity index (χ4v) is 2.99. The zero-order valence-corrected chi connectivity index (χ0v) is 15.3. The Bertz CT molecular complexity index is 890. The van der Waals surface area contributed by atoms with E-state index in [0.29, 0.717) is 12.3 Å². The third kappa shape index (κ3) is 3.90. The van der Waals surface area contributed by atoms with Crippen molar-refractivity contribution in [2.24, 2.45) is 13.0 Å². The molecule has 0 aliphatic carbocycles. The number of carbonyl (C=O) groups is 1. The normalized spacial score (nSPS) is 11.4.